The van der Waals surface area contributed by atoms with Crippen molar-refractivity contribution in [2.75, 3.05) is 17.1 Å². The number of aryl methyl sites for hydroxylation is 2. The van der Waals surface area contributed by atoms with Gasteiger partial charge in [0.15, 0.2) is 6.10 Å². The predicted octanol–water partition coefficient (Wildman–Crippen LogP) is 4.01. The summed E-state index contributed by atoms with van der Waals surface area (Å²) in [4.78, 5) is 13.0. The molecule has 6 nitrogen and oxygen atoms in total. The minimum Gasteiger partial charge on any atom is -0.476 e. The molecule has 1 aliphatic rings. The van der Waals surface area contributed by atoms with Crippen molar-refractivity contribution in [3.05, 3.63) is 58.7 Å². The molecule has 0 spiro atoms. The maximum atomic E-state index is 13.0. The second kappa shape index (κ2) is 8.19. The van der Waals surface area contributed by atoms with E-state index in [1.165, 1.54) is 9.87 Å². The Balaban J connectivity index is 1.86. The summed E-state index contributed by atoms with van der Waals surface area (Å²) in [7, 11) is -3.59. The molecule has 0 fully saturated rings. The minimum absolute atomic E-state index is 0.0646. The van der Waals surface area contributed by atoms with E-state index < -0.39 is 16.1 Å². The molecule has 31 heavy (non-hydrogen) atoms. The van der Waals surface area contributed by atoms with Crippen LogP contribution in [0.1, 0.15) is 56.0 Å². The number of anilines is 1. The number of amides is 1. The van der Waals surface area contributed by atoms with Crippen LogP contribution in [0.4, 0.5) is 5.69 Å². The summed E-state index contributed by atoms with van der Waals surface area (Å²) in [6, 6.07) is 11.3. The molecule has 0 aliphatic carbocycles. The van der Waals surface area contributed by atoms with Gasteiger partial charge >= 0.3 is 0 Å². The summed E-state index contributed by atoms with van der Waals surface area (Å²) in [6.45, 7) is 12.1. The molecule has 7 heteroatoms. The van der Waals surface area contributed by atoms with Gasteiger partial charge in [-0.3, -0.25) is 9.10 Å². The average molecular weight is 445 g/mol. The number of rotatable bonds is 4. The zero-order chi connectivity index (χ0) is 23.1. The van der Waals surface area contributed by atoms with Crippen LogP contribution in [0.3, 0.4) is 0 Å². The van der Waals surface area contributed by atoms with Crippen molar-refractivity contribution < 1.29 is 17.9 Å². The molecule has 1 amide bonds. The zero-order valence-corrected chi connectivity index (χ0v) is 20.1. The second-order valence-electron chi connectivity index (χ2n) is 9.41. The molecule has 0 saturated heterocycles. The fourth-order valence-corrected chi connectivity index (χ4v) is 4.50. The molecular formula is C24H32N2O4S. The highest BCUT2D eigenvalue weighted by Crippen LogP contribution is 2.38. The quantitative estimate of drug-likeness (QED) is 0.773. The standard InChI is InChI=1S/C24H32N2O4S/c1-15-8-9-18(12-16(15)2)17(3)25-23(27)22-14-26(31(7,28)29)20-13-19(24(4,5)6)10-11-21(20)30-22/h8-13,17,22H,14H2,1-7H3,(H,25,27)/t17-,22+/m1/s1. The topological polar surface area (TPSA) is 75.7 Å². The molecule has 0 aromatic heterocycles. The Hall–Kier alpha value is -2.54. The summed E-state index contributed by atoms with van der Waals surface area (Å²) in [6.07, 6.45) is 0.218. The van der Waals surface area contributed by atoms with Crippen LogP contribution in [0.2, 0.25) is 0 Å². The molecule has 0 bridgehead atoms. The van der Waals surface area contributed by atoms with Gasteiger partial charge in [-0.1, -0.05) is 45.0 Å². The first-order valence-corrected chi connectivity index (χ1v) is 12.3. The Morgan fingerprint density at radius 1 is 1.13 bits per heavy atom. The van der Waals surface area contributed by atoms with E-state index in [-0.39, 0.29) is 23.9 Å². The van der Waals surface area contributed by atoms with Crippen molar-refractivity contribution in [1.29, 1.82) is 0 Å². The van der Waals surface area contributed by atoms with Crippen LogP contribution in [0.5, 0.6) is 5.75 Å². The van der Waals surface area contributed by atoms with Gasteiger partial charge < -0.3 is 10.1 Å². The first-order chi connectivity index (χ1) is 14.3. The van der Waals surface area contributed by atoms with Crippen LogP contribution in [0.25, 0.3) is 0 Å². The van der Waals surface area contributed by atoms with E-state index in [2.05, 4.69) is 26.1 Å². The Kier molecular flexibility index (Phi) is 6.11. The van der Waals surface area contributed by atoms with Gasteiger partial charge in [0.1, 0.15) is 5.75 Å². The number of hydrogen-bond acceptors (Lipinski definition) is 4. The highest BCUT2D eigenvalue weighted by atomic mass is 32.2. The fraction of sp³-hybridized carbons (Fsp3) is 0.458. The lowest BCUT2D eigenvalue weighted by Gasteiger charge is -2.35. The fourth-order valence-electron chi connectivity index (χ4n) is 3.59. The molecule has 2 aromatic carbocycles. The maximum Gasteiger partial charge on any atom is 0.263 e. The normalized spacial score (nSPS) is 17.5. The number of hydrogen-bond donors (Lipinski definition) is 1. The summed E-state index contributed by atoms with van der Waals surface area (Å²) >= 11 is 0. The number of sulfonamides is 1. The molecule has 1 heterocycles. The third kappa shape index (κ3) is 5.03. The molecule has 3 rings (SSSR count). The molecule has 168 valence electrons. The summed E-state index contributed by atoms with van der Waals surface area (Å²) in [5, 5.41) is 2.97. The van der Waals surface area contributed by atoms with Crippen molar-refractivity contribution in [2.45, 2.75) is 59.1 Å². The largest absolute Gasteiger partial charge is 0.476 e. The Morgan fingerprint density at radius 2 is 1.81 bits per heavy atom. The first kappa shape index (κ1) is 23.1. The summed E-state index contributed by atoms with van der Waals surface area (Å²) in [5.74, 6) is 0.0496. The first-order valence-electron chi connectivity index (χ1n) is 10.4. The molecule has 0 unspecified atom stereocenters. The van der Waals surface area contributed by atoms with Gasteiger partial charge in [-0.15, -0.1) is 0 Å². The van der Waals surface area contributed by atoms with Gasteiger partial charge in [-0.25, -0.2) is 8.42 Å². The number of nitrogens with one attached hydrogen (secondary N) is 1. The van der Waals surface area contributed by atoms with Gasteiger partial charge in [0.05, 0.1) is 24.5 Å². The van der Waals surface area contributed by atoms with E-state index in [1.807, 2.05) is 51.1 Å². The number of fused-ring (bicyclic) bond motifs is 1. The molecule has 2 aromatic rings. The van der Waals surface area contributed by atoms with Gasteiger partial charge in [0.2, 0.25) is 10.0 Å². The van der Waals surface area contributed by atoms with E-state index in [1.54, 1.807) is 6.07 Å². The average Bonchev–Trinajstić information content (AvgIpc) is 2.67. The monoisotopic (exact) mass is 444 g/mol. The molecule has 0 saturated carbocycles. The number of carbonyl (C=O) groups excluding carboxylic acids is 1. The van der Waals surface area contributed by atoms with Crippen LogP contribution < -0.4 is 14.4 Å². The van der Waals surface area contributed by atoms with Crippen molar-refractivity contribution in [1.82, 2.24) is 5.32 Å². The number of ether oxygens (including phenoxy) is 1. The molecular weight excluding hydrogens is 412 g/mol. The van der Waals surface area contributed by atoms with Crippen LogP contribution in [-0.2, 0) is 20.2 Å². The number of nitrogens with zero attached hydrogens (tertiary/aromatic N) is 1. The van der Waals surface area contributed by atoms with Crippen LogP contribution in [-0.4, -0.2) is 33.2 Å². The highest BCUT2D eigenvalue weighted by molar-refractivity contribution is 7.92. The lowest BCUT2D eigenvalue weighted by molar-refractivity contribution is -0.128. The van der Waals surface area contributed by atoms with Crippen molar-refractivity contribution >= 4 is 21.6 Å². The van der Waals surface area contributed by atoms with E-state index in [0.29, 0.717) is 11.4 Å². The lowest BCUT2D eigenvalue weighted by atomic mass is 9.86. The summed E-state index contributed by atoms with van der Waals surface area (Å²) < 4.78 is 32.3. The zero-order valence-electron chi connectivity index (χ0n) is 19.3. The third-order valence-corrected chi connectivity index (χ3v) is 6.92. The second-order valence-corrected chi connectivity index (χ2v) is 11.3. The Labute approximate surface area is 185 Å². The minimum atomic E-state index is -3.59. The number of benzene rings is 2. The summed E-state index contributed by atoms with van der Waals surface area (Å²) in [5.41, 5.74) is 4.65. The van der Waals surface area contributed by atoms with Crippen LogP contribution >= 0.6 is 0 Å². The highest BCUT2D eigenvalue weighted by Gasteiger charge is 2.36. The third-order valence-electron chi connectivity index (χ3n) is 5.78. The van der Waals surface area contributed by atoms with Crippen molar-refractivity contribution in [3.63, 3.8) is 0 Å². The lowest BCUT2D eigenvalue weighted by Crippen LogP contribution is -2.50. The van der Waals surface area contributed by atoms with E-state index in [0.717, 1.165) is 22.9 Å². The molecule has 0 radical (unpaired) electrons. The Morgan fingerprint density at radius 3 is 2.39 bits per heavy atom. The van der Waals surface area contributed by atoms with Gasteiger partial charge in [-0.2, -0.15) is 0 Å². The van der Waals surface area contributed by atoms with E-state index in [4.69, 9.17) is 4.74 Å². The predicted molar refractivity (Wildman–Crippen MR) is 124 cm³/mol. The van der Waals surface area contributed by atoms with E-state index >= 15 is 0 Å². The Bertz CT molecular complexity index is 1100. The molecule has 1 N–H and O–H groups in total. The smallest absolute Gasteiger partial charge is 0.263 e. The van der Waals surface area contributed by atoms with Crippen LogP contribution in [0, 0.1) is 13.8 Å². The van der Waals surface area contributed by atoms with Crippen molar-refractivity contribution in [3.8, 4) is 5.75 Å². The van der Waals surface area contributed by atoms with Gasteiger partial charge in [-0.05, 0) is 60.6 Å². The number of carbonyl (C=O) groups is 1. The SMILES string of the molecule is Cc1ccc([C@@H](C)NC(=O)[C@@H]2CN(S(C)(=O)=O)c3cc(C(C)(C)C)ccc3O2)cc1C. The molecule has 1 aliphatic heterocycles. The van der Waals surface area contributed by atoms with Gasteiger partial charge in [0, 0.05) is 0 Å². The maximum absolute atomic E-state index is 13.0. The van der Waals surface area contributed by atoms with Gasteiger partial charge in [0.25, 0.3) is 5.91 Å². The van der Waals surface area contributed by atoms with E-state index in [9.17, 15) is 13.2 Å². The van der Waals surface area contributed by atoms with Crippen molar-refractivity contribution in [2.24, 2.45) is 0 Å². The van der Waals surface area contributed by atoms with Crippen LogP contribution in [0.15, 0.2) is 36.4 Å². The molecule has 2 atom stereocenters.